The quantitative estimate of drug-likeness (QED) is 0.459. The highest BCUT2D eigenvalue weighted by atomic mass is 79.9. The van der Waals surface area contributed by atoms with Gasteiger partial charge in [0.15, 0.2) is 0 Å². The molecule has 0 aliphatic carbocycles. The molecule has 0 nitrogen and oxygen atoms in total. The highest BCUT2D eigenvalue weighted by Gasteiger charge is 2.09. The van der Waals surface area contributed by atoms with E-state index in [1.165, 1.54) is 37.0 Å². The molecule has 0 aliphatic rings. The van der Waals surface area contributed by atoms with Crippen LogP contribution in [0.15, 0.2) is 12.1 Å². The van der Waals surface area contributed by atoms with Gasteiger partial charge in [-0.3, -0.25) is 0 Å². The summed E-state index contributed by atoms with van der Waals surface area (Å²) in [7, 11) is 0. The Kier molecular flexibility index (Phi) is 6.15. The molecule has 1 aromatic rings. The van der Waals surface area contributed by atoms with Crippen molar-refractivity contribution in [3.8, 4) is 0 Å². The monoisotopic (exact) mass is 294 g/mol. The molecule has 14 heavy (non-hydrogen) atoms. The van der Waals surface area contributed by atoms with Crippen LogP contribution in [0.4, 0.5) is 0 Å². The van der Waals surface area contributed by atoms with E-state index in [1.807, 2.05) is 6.07 Å². The largest absolute Gasteiger partial charge is 0.127 e. The molecule has 0 amide bonds. The maximum Gasteiger partial charge on any atom is 0.0931 e. The van der Waals surface area contributed by atoms with E-state index >= 15 is 0 Å². The van der Waals surface area contributed by atoms with Crippen LogP contribution in [0, 0.1) is 0 Å². The van der Waals surface area contributed by atoms with Crippen molar-refractivity contribution in [3.05, 3.63) is 21.3 Å². The lowest BCUT2D eigenvalue weighted by atomic mass is 10.1. The van der Waals surface area contributed by atoms with Crippen molar-refractivity contribution in [2.75, 3.05) is 0 Å². The molecule has 1 aromatic heterocycles. The van der Waals surface area contributed by atoms with Gasteiger partial charge in [0.05, 0.1) is 4.34 Å². The molecule has 0 fully saturated rings. The Hall–Kier alpha value is 0.470. The minimum absolute atomic E-state index is 0.497. The van der Waals surface area contributed by atoms with Crippen LogP contribution in [-0.2, 0) is 0 Å². The van der Waals surface area contributed by atoms with Gasteiger partial charge in [0, 0.05) is 9.70 Å². The van der Waals surface area contributed by atoms with Crippen LogP contribution in [0.2, 0.25) is 4.34 Å². The summed E-state index contributed by atoms with van der Waals surface area (Å²) in [5.74, 6) is 0. The summed E-state index contributed by atoms with van der Waals surface area (Å²) in [4.78, 5) is 1.85. The van der Waals surface area contributed by atoms with Crippen LogP contribution >= 0.6 is 38.9 Å². The summed E-state index contributed by atoms with van der Waals surface area (Å²) >= 11 is 11.3. The zero-order chi connectivity index (χ0) is 10.4. The third-order valence-corrected chi connectivity index (χ3v) is 4.81. The maximum absolute atomic E-state index is 5.89. The summed E-state index contributed by atoms with van der Waals surface area (Å²) in [5, 5.41) is 0. The molecular formula is C11H16BrClS. The molecule has 0 bridgehead atoms. The van der Waals surface area contributed by atoms with Crippen molar-refractivity contribution in [2.45, 2.75) is 43.9 Å². The van der Waals surface area contributed by atoms with E-state index < -0.39 is 0 Å². The first-order valence-electron chi connectivity index (χ1n) is 5.13. The van der Waals surface area contributed by atoms with Gasteiger partial charge in [0.2, 0.25) is 0 Å². The summed E-state index contributed by atoms with van der Waals surface area (Å²) in [6.07, 6.45) is 6.52. The second-order valence-electron chi connectivity index (χ2n) is 3.46. The molecule has 0 N–H and O–H groups in total. The standard InChI is InChI=1S/C11H16BrClS/c1-2-3-4-5-6-9(12)10-7-8-11(13)14-10/h7-9H,2-6H2,1H3. The fourth-order valence-electron chi connectivity index (χ4n) is 1.39. The van der Waals surface area contributed by atoms with E-state index in [0.29, 0.717) is 4.83 Å². The molecule has 0 radical (unpaired) electrons. The van der Waals surface area contributed by atoms with Gasteiger partial charge in [-0.05, 0) is 18.6 Å². The Morgan fingerprint density at radius 1 is 1.36 bits per heavy atom. The predicted octanol–water partition coefficient (Wildman–Crippen LogP) is 5.81. The zero-order valence-corrected chi connectivity index (χ0v) is 11.6. The minimum Gasteiger partial charge on any atom is -0.127 e. The van der Waals surface area contributed by atoms with Crippen LogP contribution in [-0.4, -0.2) is 0 Å². The molecule has 0 saturated heterocycles. The first-order valence-corrected chi connectivity index (χ1v) is 7.24. The lowest BCUT2D eigenvalue weighted by Crippen LogP contribution is -1.86. The molecular weight excluding hydrogens is 280 g/mol. The second kappa shape index (κ2) is 6.86. The normalized spacial score (nSPS) is 13.1. The van der Waals surface area contributed by atoms with Crippen molar-refractivity contribution in [1.82, 2.24) is 0 Å². The Morgan fingerprint density at radius 3 is 2.71 bits per heavy atom. The fourth-order valence-corrected chi connectivity index (χ4v) is 3.22. The zero-order valence-electron chi connectivity index (χ0n) is 8.43. The summed E-state index contributed by atoms with van der Waals surface area (Å²) < 4.78 is 0.887. The van der Waals surface area contributed by atoms with Crippen molar-refractivity contribution in [3.63, 3.8) is 0 Å². The highest BCUT2D eigenvalue weighted by molar-refractivity contribution is 9.09. The molecule has 1 heterocycles. The van der Waals surface area contributed by atoms with Crippen LogP contribution in [0.5, 0.6) is 0 Å². The van der Waals surface area contributed by atoms with Crippen molar-refractivity contribution < 1.29 is 0 Å². The molecule has 1 atom stereocenters. The number of thiophene rings is 1. The Morgan fingerprint density at radius 2 is 2.14 bits per heavy atom. The number of halogens is 2. The van der Waals surface area contributed by atoms with Crippen LogP contribution in [0.3, 0.4) is 0 Å². The number of hydrogen-bond donors (Lipinski definition) is 0. The van der Waals surface area contributed by atoms with Gasteiger partial charge in [0.25, 0.3) is 0 Å². The van der Waals surface area contributed by atoms with Gasteiger partial charge in [-0.1, -0.05) is 60.1 Å². The number of hydrogen-bond acceptors (Lipinski definition) is 1. The molecule has 0 saturated carbocycles. The van der Waals surface area contributed by atoms with Crippen molar-refractivity contribution >= 4 is 38.9 Å². The molecule has 1 rings (SSSR count). The lowest BCUT2D eigenvalue weighted by molar-refractivity contribution is 0.632. The van der Waals surface area contributed by atoms with Crippen molar-refractivity contribution in [1.29, 1.82) is 0 Å². The van der Waals surface area contributed by atoms with Gasteiger partial charge in [-0.15, -0.1) is 11.3 Å². The van der Waals surface area contributed by atoms with E-state index in [0.717, 1.165) is 4.34 Å². The number of rotatable bonds is 6. The van der Waals surface area contributed by atoms with Crippen LogP contribution in [0.25, 0.3) is 0 Å². The first kappa shape index (κ1) is 12.5. The second-order valence-corrected chi connectivity index (χ2v) is 6.31. The molecule has 0 aliphatic heterocycles. The van der Waals surface area contributed by atoms with E-state index in [2.05, 4.69) is 28.9 Å². The van der Waals surface area contributed by atoms with Crippen LogP contribution in [0.1, 0.15) is 48.7 Å². The summed E-state index contributed by atoms with van der Waals surface area (Å²) in [6, 6.07) is 4.09. The molecule has 80 valence electrons. The van der Waals surface area contributed by atoms with E-state index in [4.69, 9.17) is 11.6 Å². The highest BCUT2D eigenvalue weighted by Crippen LogP contribution is 2.35. The average molecular weight is 296 g/mol. The van der Waals surface area contributed by atoms with Gasteiger partial charge in [-0.25, -0.2) is 0 Å². The number of unbranched alkanes of at least 4 members (excludes halogenated alkanes) is 3. The predicted molar refractivity (Wildman–Crippen MR) is 69.8 cm³/mol. The third kappa shape index (κ3) is 4.33. The summed E-state index contributed by atoms with van der Waals surface area (Å²) in [6.45, 7) is 2.24. The molecule has 0 aromatic carbocycles. The third-order valence-electron chi connectivity index (χ3n) is 2.21. The number of alkyl halides is 1. The molecule has 1 unspecified atom stereocenters. The smallest absolute Gasteiger partial charge is 0.0931 e. The van der Waals surface area contributed by atoms with Gasteiger partial charge < -0.3 is 0 Å². The van der Waals surface area contributed by atoms with E-state index in [1.54, 1.807) is 11.3 Å². The van der Waals surface area contributed by atoms with Gasteiger partial charge in [-0.2, -0.15) is 0 Å². The topological polar surface area (TPSA) is 0 Å². The SMILES string of the molecule is CCCCCCC(Br)c1ccc(Cl)s1. The van der Waals surface area contributed by atoms with E-state index in [-0.39, 0.29) is 0 Å². The first-order chi connectivity index (χ1) is 6.74. The Bertz CT molecular complexity index is 260. The van der Waals surface area contributed by atoms with Gasteiger partial charge >= 0.3 is 0 Å². The average Bonchev–Trinajstić information content (AvgIpc) is 2.59. The maximum atomic E-state index is 5.89. The Labute approximate surface area is 104 Å². The van der Waals surface area contributed by atoms with E-state index in [9.17, 15) is 0 Å². The Balaban J connectivity index is 2.25. The molecule has 3 heteroatoms. The fraction of sp³-hybridized carbons (Fsp3) is 0.636. The van der Waals surface area contributed by atoms with Gasteiger partial charge in [0.1, 0.15) is 0 Å². The molecule has 0 spiro atoms. The van der Waals surface area contributed by atoms with Crippen LogP contribution < -0.4 is 0 Å². The minimum atomic E-state index is 0.497. The lowest BCUT2D eigenvalue weighted by Gasteiger charge is -2.06. The summed E-state index contributed by atoms with van der Waals surface area (Å²) in [5.41, 5.74) is 0. The van der Waals surface area contributed by atoms with Crippen molar-refractivity contribution in [2.24, 2.45) is 0 Å².